The van der Waals surface area contributed by atoms with Gasteiger partial charge < -0.3 is 105 Å². The first-order valence-corrected chi connectivity index (χ1v) is 17.6. The lowest BCUT2D eigenvalue weighted by Crippen LogP contribution is -2.71. The molecule has 0 spiro atoms. The molecular formula is C31H54N4O20. The van der Waals surface area contributed by atoms with Gasteiger partial charge in [0.2, 0.25) is 17.7 Å². The van der Waals surface area contributed by atoms with Crippen LogP contribution in [0.2, 0.25) is 0 Å². The average Bonchev–Trinajstić information content (AvgIpc) is 3.13. The van der Waals surface area contributed by atoms with Crippen LogP contribution in [0.15, 0.2) is 0 Å². The minimum atomic E-state index is -1.86. The number of rotatable bonds is 14. The number of ether oxygens (including phenoxy) is 7. The molecule has 4 fully saturated rings. The minimum absolute atomic E-state index is 0.652. The van der Waals surface area contributed by atoms with Gasteiger partial charge in [-0.1, -0.05) is 0 Å². The van der Waals surface area contributed by atoms with Gasteiger partial charge in [-0.05, 0) is 7.05 Å². The molecule has 24 heteroatoms. The monoisotopic (exact) mass is 802 g/mol. The summed E-state index contributed by atoms with van der Waals surface area (Å²) in [4.78, 5) is 36.4. The van der Waals surface area contributed by atoms with E-state index in [1.807, 2.05) is 0 Å². The molecule has 3 unspecified atom stereocenters. The standard InChI is InChI=1S/C31H54N4O20/c1-9(40)33-16-22(45)25(13(6-37)49-28(16)48)54-30-19(35-11(3)42)24(47)27(15(8-39)52-30)55-31-18(34-10(2)41)23(46)26(14(7-38)51-31)53-29-17(32-4)21(44)20(43)12(5-36)50-29/h12-32,36-39,43-48H,5-8H2,1-4H3,(H,33,40)(H,34,41)(H,35,42)/t12-,13-,14-,15-,16-,17-,18-,19-,20-,21-,22?,23?,24-,25-,26-,27-,28?,29-,30-,31+/m1/s1. The normalized spacial score (nSPS) is 45.1. The van der Waals surface area contributed by atoms with E-state index < -0.39 is 167 Å². The fourth-order valence-corrected chi connectivity index (χ4v) is 7.09. The van der Waals surface area contributed by atoms with Crippen molar-refractivity contribution in [1.29, 1.82) is 0 Å². The van der Waals surface area contributed by atoms with Gasteiger partial charge in [-0.25, -0.2) is 0 Å². The third-order valence-electron chi connectivity index (χ3n) is 9.78. The fourth-order valence-electron chi connectivity index (χ4n) is 7.09. The number of hydrogen-bond donors (Lipinski definition) is 14. The van der Waals surface area contributed by atoms with Gasteiger partial charge in [0.05, 0.1) is 32.5 Å². The number of aliphatic hydroxyl groups excluding tert-OH is 10. The molecular weight excluding hydrogens is 748 g/mol. The van der Waals surface area contributed by atoms with E-state index in [9.17, 15) is 65.4 Å². The molecule has 24 nitrogen and oxygen atoms in total. The van der Waals surface area contributed by atoms with Crippen molar-refractivity contribution in [2.75, 3.05) is 33.5 Å². The second-order valence-corrected chi connectivity index (χ2v) is 13.7. The molecule has 0 aliphatic carbocycles. The molecule has 20 atom stereocenters. The van der Waals surface area contributed by atoms with E-state index in [-0.39, 0.29) is 0 Å². The molecule has 14 N–H and O–H groups in total. The summed E-state index contributed by atoms with van der Waals surface area (Å²) in [5.41, 5.74) is 0. The van der Waals surface area contributed by atoms with Crippen LogP contribution in [-0.4, -0.2) is 225 Å². The summed E-state index contributed by atoms with van der Waals surface area (Å²) in [5.74, 6) is -2.08. The summed E-state index contributed by atoms with van der Waals surface area (Å²) in [5, 5.41) is 116. The van der Waals surface area contributed by atoms with Crippen LogP contribution in [0.25, 0.3) is 0 Å². The Bertz CT molecular complexity index is 1270. The molecule has 318 valence electrons. The van der Waals surface area contributed by atoms with Gasteiger partial charge in [0, 0.05) is 20.8 Å². The number of carbonyl (C=O) groups is 3. The van der Waals surface area contributed by atoms with E-state index in [0.29, 0.717) is 0 Å². The average molecular weight is 803 g/mol. The maximum Gasteiger partial charge on any atom is 0.217 e. The van der Waals surface area contributed by atoms with Crippen molar-refractivity contribution in [2.24, 2.45) is 0 Å². The SMILES string of the molecule is CN[C@H]1[C@@H](O[C@H]2C(O)[C@@H](NC(C)=O)[C@H](O[C@H]3[C@H](O)[C@@H](NC(C)=O)[C@@H](O[C@H]4C(O)[C@@H](NC(C)=O)C(O)O[C@@H]4CO)O[C@@H]3CO)O[C@@H]2CO)O[C@H](CO)[C@@H](O)[C@@H]1O. The van der Waals surface area contributed by atoms with Crippen molar-refractivity contribution in [2.45, 2.75) is 143 Å². The molecule has 0 radical (unpaired) electrons. The molecule has 3 amide bonds. The molecule has 0 bridgehead atoms. The fraction of sp³-hybridized carbons (Fsp3) is 0.903. The van der Waals surface area contributed by atoms with Crippen LogP contribution in [-0.2, 0) is 47.5 Å². The van der Waals surface area contributed by atoms with Gasteiger partial charge >= 0.3 is 0 Å². The van der Waals surface area contributed by atoms with Crippen LogP contribution in [0.5, 0.6) is 0 Å². The molecule has 4 heterocycles. The number of amides is 3. The maximum atomic E-state index is 12.4. The Morgan fingerprint density at radius 3 is 1.16 bits per heavy atom. The topological polar surface area (TPSA) is 366 Å². The zero-order chi connectivity index (χ0) is 40.9. The van der Waals surface area contributed by atoms with Gasteiger partial charge in [-0.3, -0.25) is 14.4 Å². The van der Waals surface area contributed by atoms with E-state index in [4.69, 9.17) is 33.2 Å². The smallest absolute Gasteiger partial charge is 0.217 e. The van der Waals surface area contributed by atoms with Crippen LogP contribution < -0.4 is 21.3 Å². The van der Waals surface area contributed by atoms with Gasteiger partial charge in [0.15, 0.2) is 25.2 Å². The van der Waals surface area contributed by atoms with Gasteiger partial charge in [-0.15, -0.1) is 0 Å². The highest BCUT2D eigenvalue weighted by atomic mass is 16.8. The van der Waals surface area contributed by atoms with E-state index in [0.717, 1.165) is 20.8 Å². The van der Waals surface area contributed by atoms with Crippen LogP contribution in [0, 0.1) is 0 Å². The van der Waals surface area contributed by atoms with Crippen LogP contribution in [0.4, 0.5) is 0 Å². The highest BCUT2D eigenvalue weighted by Crippen LogP contribution is 2.34. The first kappa shape index (κ1) is 45.4. The van der Waals surface area contributed by atoms with Crippen molar-refractivity contribution in [1.82, 2.24) is 21.3 Å². The van der Waals surface area contributed by atoms with E-state index in [2.05, 4.69) is 21.3 Å². The lowest BCUT2D eigenvalue weighted by atomic mass is 9.93. The predicted molar refractivity (Wildman–Crippen MR) is 176 cm³/mol. The Balaban J connectivity index is 1.60. The van der Waals surface area contributed by atoms with E-state index >= 15 is 0 Å². The lowest BCUT2D eigenvalue weighted by molar-refractivity contribution is -0.362. The highest BCUT2D eigenvalue weighted by molar-refractivity contribution is 5.74. The molecule has 0 aromatic rings. The van der Waals surface area contributed by atoms with E-state index in [1.165, 1.54) is 7.05 Å². The van der Waals surface area contributed by atoms with Crippen LogP contribution in [0.1, 0.15) is 20.8 Å². The first-order valence-electron chi connectivity index (χ1n) is 17.6. The molecule has 0 saturated carbocycles. The number of likely N-dealkylation sites (N-methyl/N-ethyl adjacent to an activating group) is 1. The van der Waals surface area contributed by atoms with Crippen molar-refractivity contribution in [3.8, 4) is 0 Å². The van der Waals surface area contributed by atoms with E-state index in [1.54, 1.807) is 0 Å². The molecule has 4 saturated heterocycles. The van der Waals surface area contributed by atoms with Gasteiger partial charge in [-0.2, -0.15) is 0 Å². The predicted octanol–water partition coefficient (Wildman–Crippen LogP) is -9.09. The zero-order valence-corrected chi connectivity index (χ0v) is 30.4. The van der Waals surface area contributed by atoms with Crippen molar-refractivity contribution < 1.29 is 98.6 Å². The number of hydrogen-bond acceptors (Lipinski definition) is 21. The second kappa shape index (κ2) is 19.9. The second-order valence-electron chi connectivity index (χ2n) is 13.7. The van der Waals surface area contributed by atoms with Crippen molar-refractivity contribution >= 4 is 17.7 Å². The summed E-state index contributed by atoms with van der Waals surface area (Å²) in [7, 11) is 1.42. The summed E-state index contributed by atoms with van der Waals surface area (Å²) < 4.78 is 40.7. The number of carbonyl (C=O) groups excluding carboxylic acids is 3. The summed E-state index contributed by atoms with van der Waals surface area (Å²) in [6.07, 6.45) is -25.6. The lowest BCUT2D eigenvalue weighted by Gasteiger charge is -2.51. The Morgan fingerprint density at radius 1 is 0.473 bits per heavy atom. The van der Waals surface area contributed by atoms with Crippen molar-refractivity contribution in [3.63, 3.8) is 0 Å². The molecule has 4 rings (SSSR count). The quantitative estimate of drug-likeness (QED) is 0.0775. The maximum absolute atomic E-state index is 12.4. The van der Waals surface area contributed by atoms with Crippen LogP contribution in [0.3, 0.4) is 0 Å². The third kappa shape index (κ3) is 10.2. The Hall–Kier alpha value is -2.31. The highest BCUT2D eigenvalue weighted by Gasteiger charge is 2.56. The molecule has 0 aromatic heterocycles. The molecule has 0 aromatic carbocycles. The Morgan fingerprint density at radius 2 is 0.800 bits per heavy atom. The molecule has 55 heavy (non-hydrogen) atoms. The third-order valence-corrected chi connectivity index (χ3v) is 9.78. The minimum Gasteiger partial charge on any atom is -0.394 e. The Labute approximate surface area is 314 Å². The zero-order valence-electron chi connectivity index (χ0n) is 30.4. The summed E-state index contributed by atoms with van der Waals surface area (Å²) >= 11 is 0. The summed E-state index contributed by atoms with van der Waals surface area (Å²) in [6, 6.07) is -5.67. The largest absolute Gasteiger partial charge is 0.394 e. The van der Waals surface area contributed by atoms with Gasteiger partial charge in [0.25, 0.3) is 0 Å². The first-order chi connectivity index (χ1) is 26.0. The summed E-state index contributed by atoms with van der Waals surface area (Å²) in [6.45, 7) is 0.0441. The number of aliphatic hydroxyl groups is 10. The van der Waals surface area contributed by atoms with Gasteiger partial charge in [0.1, 0.15) is 91.4 Å². The number of nitrogens with one attached hydrogen (secondary N) is 4. The van der Waals surface area contributed by atoms with Crippen molar-refractivity contribution in [3.05, 3.63) is 0 Å². The molecule has 4 aliphatic heterocycles. The Kier molecular flexibility index (Phi) is 16.4. The van der Waals surface area contributed by atoms with Crippen LogP contribution >= 0.6 is 0 Å². The molecule has 4 aliphatic rings.